The van der Waals surface area contributed by atoms with Gasteiger partial charge in [0.15, 0.2) is 45.9 Å². The van der Waals surface area contributed by atoms with Crippen molar-refractivity contribution in [3.63, 3.8) is 0 Å². The molecule has 2 fully saturated rings. The number of aromatic nitrogens is 4. The summed E-state index contributed by atoms with van der Waals surface area (Å²) in [6.07, 6.45) is 4.07. The monoisotopic (exact) mass is 604 g/mol. The number of halogens is 1. The molecule has 0 aliphatic carbocycles. The number of imidazole rings is 1. The smallest absolute Gasteiger partial charge is 0.254 e. The Kier molecular flexibility index (Phi) is 6.87. The molecule has 0 saturated carbocycles. The van der Waals surface area contributed by atoms with Crippen molar-refractivity contribution in [2.45, 2.75) is 61.6 Å². The van der Waals surface area contributed by atoms with Gasteiger partial charge in [-0.3, -0.25) is 4.79 Å². The summed E-state index contributed by atoms with van der Waals surface area (Å²) in [7, 11) is 0. The molecule has 6 rings (SSSR count). The van der Waals surface area contributed by atoms with Gasteiger partial charge in [0, 0.05) is 29.0 Å². The Hall–Kier alpha value is -2.61. The normalized spacial score (nSPS) is 20.9. The topological polar surface area (TPSA) is 127 Å². The largest absolute Gasteiger partial charge is 0.454 e. The average molecular weight is 606 g/mol. The van der Waals surface area contributed by atoms with Gasteiger partial charge >= 0.3 is 0 Å². The fourth-order valence-corrected chi connectivity index (χ4v) is 6.35. The molecule has 202 valence electrons. The molecule has 5 aliphatic rings. The summed E-state index contributed by atoms with van der Waals surface area (Å²) in [4.78, 5) is 29.4. The Morgan fingerprint density at radius 2 is 1.97 bits per heavy atom. The van der Waals surface area contributed by atoms with Crippen LogP contribution in [0.4, 0.5) is 5.82 Å². The molecule has 1 aromatic carbocycles. The number of nitrogens with two attached hydrogens (primary N) is 1. The number of benzene rings is 1. The first kappa shape index (κ1) is 25.7. The van der Waals surface area contributed by atoms with E-state index in [-0.39, 0.29) is 12.7 Å². The molecule has 1 atom stereocenters. The van der Waals surface area contributed by atoms with Crippen LogP contribution in [0.5, 0.6) is 11.5 Å². The van der Waals surface area contributed by atoms with Crippen LogP contribution >= 0.6 is 27.7 Å². The number of aryl methyl sites for hydroxylation is 1. The lowest BCUT2D eigenvalue weighted by atomic mass is 9.93. The van der Waals surface area contributed by atoms with Crippen molar-refractivity contribution in [2.24, 2.45) is 5.92 Å². The van der Waals surface area contributed by atoms with Crippen LogP contribution in [0, 0.1) is 5.92 Å². The lowest BCUT2D eigenvalue weighted by Crippen LogP contribution is -2.45. The highest BCUT2D eigenvalue weighted by atomic mass is 79.9. The maximum absolute atomic E-state index is 12.8. The summed E-state index contributed by atoms with van der Waals surface area (Å²) < 4.78 is 25.1. The van der Waals surface area contributed by atoms with Gasteiger partial charge in [-0.15, -0.1) is 0 Å². The molecule has 0 bridgehead atoms. The van der Waals surface area contributed by atoms with Crippen molar-refractivity contribution in [3.05, 3.63) is 22.9 Å². The Balaban J connectivity index is 1.09. The highest BCUT2D eigenvalue weighted by Gasteiger charge is 2.39. The number of hydrogen-bond acceptors (Lipinski definition) is 10. The molecule has 0 unspecified atom stereocenters. The predicted molar refractivity (Wildman–Crippen MR) is 142 cm³/mol. The molecular weight excluding hydrogens is 576 g/mol. The molecule has 1 aromatic rings. The number of carbonyl (C=O) groups excluding carboxylic acids is 1. The molecule has 13 heteroatoms. The minimum Gasteiger partial charge on any atom is -0.454 e. The van der Waals surface area contributed by atoms with Gasteiger partial charge < -0.3 is 34.1 Å². The summed E-state index contributed by atoms with van der Waals surface area (Å²) in [6, 6.07) is 3.80. The van der Waals surface area contributed by atoms with E-state index in [0.717, 1.165) is 48.3 Å². The highest BCUT2D eigenvalue weighted by Crippen LogP contribution is 2.43. The third-order valence-electron chi connectivity index (χ3n) is 7.09. The van der Waals surface area contributed by atoms with Crippen LogP contribution in [0.25, 0.3) is 11.5 Å². The summed E-state index contributed by atoms with van der Waals surface area (Å²) in [5.41, 5.74) is 6.74. The number of carbonyl (C=O) groups is 1. The zero-order chi connectivity index (χ0) is 26.4. The van der Waals surface area contributed by atoms with Gasteiger partial charge in [0.1, 0.15) is 0 Å². The van der Waals surface area contributed by atoms with Gasteiger partial charge in [-0.05, 0) is 78.9 Å². The molecular formula is C25H29BrN6O5S. The summed E-state index contributed by atoms with van der Waals surface area (Å²) in [5, 5.41) is 0.584. The second-order valence-corrected chi connectivity index (χ2v) is 12.0. The number of anilines is 1. The first-order valence-corrected chi connectivity index (χ1v) is 14.2. The standard InChI is InChI=1S/C25H29BrN6O5S/c1-25(2)36-11-18(37-25)23(33)31-6-3-14(4-7-31)5-8-32-12-28-21(27)20-22(32)30-24(29-20)38-19-10-17-16(9-15(19)26)34-13-35-17/h9-10,12,14,18H,3-8,11,13,27H2,1-2H3/t18-/m0/s1. The number of hydrogen-bond donors (Lipinski definition) is 1. The second-order valence-electron chi connectivity index (χ2n) is 10.1. The minimum atomic E-state index is -0.697. The van der Waals surface area contributed by atoms with Crippen LogP contribution in [0.15, 0.2) is 33.0 Å². The fraction of sp³-hybridized carbons (Fsp3) is 0.520. The number of amides is 1. The molecule has 2 saturated heterocycles. The van der Waals surface area contributed by atoms with Crippen molar-refractivity contribution in [1.29, 1.82) is 0 Å². The van der Waals surface area contributed by atoms with Gasteiger partial charge in [0.25, 0.3) is 5.91 Å². The van der Waals surface area contributed by atoms with Crippen LogP contribution in [0.1, 0.15) is 33.1 Å². The number of piperidine rings is 1. The zero-order valence-corrected chi connectivity index (χ0v) is 23.6. The molecule has 11 nitrogen and oxygen atoms in total. The third kappa shape index (κ3) is 5.16. The van der Waals surface area contributed by atoms with Crippen LogP contribution < -0.4 is 15.2 Å². The van der Waals surface area contributed by atoms with E-state index < -0.39 is 11.9 Å². The zero-order valence-electron chi connectivity index (χ0n) is 21.2. The van der Waals surface area contributed by atoms with E-state index in [1.807, 2.05) is 35.4 Å². The quantitative estimate of drug-likeness (QED) is 0.444. The van der Waals surface area contributed by atoms with Crippen molar-refractivity contribution in [2.75, 3.05) is 32.2 Å². The first-order valence-electron chi connectivity index (χ1n) is 12.6. The first-order chi connectivity index (χ1) is 18.3. The molecule has 0 radical (unpaired) electrons. The van der Waals surface area contributed by atoms with Crippen molar-refractivity contribution in [3.8, 4) is 23.0 Å². The van der Waals surface area contributed by atoms with E-state index in [1.165, 1.54) is 11.8 Å². The number of likely N-dealkylation sites (tertiary alicyclic amines) is 1. The minimum absolute atomic E-state index is 0.0269. The Morgan fingerprint density at radius 1 is 1.21 bits per heavy atom. The van der Waals surface area contributed by atoms with Gasteiger partial charge in [-0.2, -0.15) is 0 Å². The van der Waals surface area contributed by atoms with E-state index in [4.69, 9.17) is 29.7 Å². The van der Waals surface area contributed by atoms with Crippen LogP contribution in [0.2, 0.25) is 0 Å². The van der Waals surface area contributed by atoms with Gasteiger partial charge in [0.05, 0.1) is 12.9 Å². The number of fused-ring (bicyclic) bond motifs is 2. The Morgan fingerprint density at radius 3 is 2.71 bits per heavy atom. The van der Waals surface area contributed by atoms with Crippen LogP contribution in [-0.4, -0.2) is 68.7 Å². The van der Waals surface area contributed by atoms with Crippen LogP contribution in [-0.2, 0) is 20.8 Å². The SMILES string of the molecule is CC1(C)OC[C@@H](C(=O)N2CCC(CCn3cnc(N)c4nc(Sc5cc6c(cc5Br)OCO6)nc3-4)CC2)O1. The molecule has 5 heterocycles. The lowest BCUT2D eigenvalue weighted by molar-refractivity contribution is -0.161. The molecule has 0 spiro atoms. The third-order valence-corrected chi connectivity index (χ3v) is 8.93. The average Bonchev–Trinajstić information content (AvgIpc) is 3.62. The number of rotatable bonds is 6. The van der Waals surface area contributed by atoms with Crippen molar-refractivity contribution < 1.29 is 23.7 Å². The van der Waals surface area contributed by atoms with E-state index in [9.17, 15) is 4.79 Å². The summed E-state index contributed by atoms with van der Waals surface area (Å²) in [6.45, 7) is 6.40. The van der Waals surface area contributed by atoms with E-state index in [2.05, 4.69) is 25.9 Å². The van der Waals surface area contributed by atoms with Gasteiger partial charge in [0.2, 0.25) is 6.79 Å². The molecule has 2 N–H and O–H groups in total. The Labute approximate surface area is 232 Å². The number of nitrogens with zero attached hydrogens (tertiary/aromatic N) is 5. The predicted octanol–water partition coefficient (Wildman–Crippen LogP) is 3.78. The maximum atomic E-state index is 12.8. The van der Waals surface area contributed by atoms with Gasteiger partial charge in [-0.25, -0.2) is 15.0 Å². The van der Waals surface area contributed by atoms with E-state index in [0.29, 0.717) is 46.5 Å². The maximum Gasteiger partial charge on any atom is 0.254 e. The highest BCUT2D eigenvalue weighted by molar-refractivity contribution is 9.10. The Bertz CT molecular complexity index is 1330. The summed E-state index contributed by atoms with van der Waals surface area (Å²) >= 11 is 5.02. The molecule has 0 aromatic heterocycles. The second kappa shape index (κ2) is 10.2. The van der Waals surface area contributed by atoms with Crippen LogP contribution in [0.3, 0.4) is 0 Å². The van der Waals surface area contributed by atoms with E-state index >= 15 is 0 Å². The summed E-state index contributed by atoms with van der Waals surface area (Å²) in [5.74, 6) is 2.30. The van der Waals surface area contributed by atoms with Gasteiger partial charge in [-0.1, -0.05) is 0 Å². The van der Waals surface area contributed by atoms with Crippen molar-refractivity contribution >= 4 is 39.4 Å². The molecule has 5 aliphatic heterocycles. The lowest BCUT2D eigenvalue weighted by Gasteiger charge is -2.33. The molecule has 38 heavy (non-hydrogen) atoms. The van der Waals surface area contributed by atoms with E-state index in [1.54, 1.807) is 6.33 Å². The van der Waals surface area contributed by atoms with Crippen molar-refractivity contribution in [1.82, 2.24) is 24.4 Å². The number of nitrogen functional groups attached to an aromatic ring is 1. The fourth-order valence-electron chi connectivity index (χ4n) is 4.99. The number of ether oxygens (including phenoxy) is 4. The molecule has 1 amide bonds.